The summed E-state index contributed by atoms with van der Waals surface area (Å²) in [7, 11) is 1.59. The number of benzene rings is 2. The Morgan fingerprint density at radius 2 is 2.10 bits per heavy atom. The summed E-state index contributed by atoms with van der Waals surface area (Å²) in [5, 5.41) is 2.96. The molecule has 1 aliphatic rings. The number of nitrogens with zero attached hydrogens (tertiary/aromatic N) is 2. The fourth-order valence-corrected chi connectivity index (χ4v) is 3.43. The quantitative estimate of drug-likeness (QED) is 0.717. The van der Waals surface area contributed by atoms with Gasteiger partial charge >= 0.3 is 0 Å². The van der Waals surface area contributed by atoms with E-state index in [1.54, 1.807) is 30.2 Å². The standard InChI is InChI=1S/C22H23N3O4/c1-13(2)22-24-18-9-14(7-8-19(18)29-22)21(27)23-15-10-20(26)25(12-15)16-5-4-6-17(11-16)28-3/h4-9,11,13,15H,10,12H2,1-3H3,(H,23,27)/t15-/m1/s1. The number of ether oxygens (including phenoxy) is 1. The molecule has 4 rings (SSSR count). The molecule has 0 spiro atoms. The average Bonchev–Trinajstić information content (AvgIpc) is 3.30. The summed E-state index contributed by atoms with van der Waals surface area (Å²) in [6.07, 6.45) is 0.257. The maximum Gasteiger partial charge on any atom is 0.251 e. The average molecular weight is 393 g/mol. The lowest BCUT2D eigenvalue weighted by atomic mass is 10.1. The Kier molecular flexibility index (Phi) is 4.96. The summed E-state index contributed by atoms with van der Waals surface area (Å²) < 4.78 is 10.9. The van der Waals surface area contributed by atoms with E-state index in [2.05, 4.69) is 10.3 Å². The number of methoxy groups -OCH3 is 1. The third-order valence-electron chi connectivity index (χ3n) is 4.99. The maximum absolute atomic E-state index is 12.7. The molecule has 1 atom stereocenters. The Hall–Kier alpha value is -3.35. The van der Waals surface area contributed by atoms with Crippen molar-refractivity contribution in [1.29, 1.82) is 0 Å². The van der Waals surface area contributed by atoms with Crippen LogP contribution in [0.4, 0.5) is 5.69 Å². The van der Waals surface area contributed by atoms with Gasteiger partial charge in [0.15, 0.2) is 11.5 Å². The molecule has 0 radical (unpaired) electrons. The molecule has 7 heteroatoms. The molecule has 2 aromatic carbocycles. The zero-order valence-electron chi connectivity index (χ0n) is 16.6. The van der Waals surface area contributed by atoms with E-state index in [0.29, 0.717) is 34.8 Å². The van der Waals surface area contributed by atoms with Gasteiger partial charge in [-0.15, -0.1) is 0 Å². The lowest BCUT2D eigenvalue weighted by Gasteiger charge is -2.18. The molecule has 1 aromatic heterocycles. The van der Waals surface area contributed by atoms with Crippen LogP contribution >= 0.6 is 0 Å². The summed E-state index contributed by atoms with van der Waals surface area (Å²) in [6, 6.07) is 12.3. The largest absolute Gasteiger partial charge is 0.497 e. The highest BCUT2D eigenvalue weighted by Crippen LogP contribution is 2.26. The highest BCUT2D eigenvalue weighted by Gasteiger charge is 2.32. The third kappa shape index (κ3) is 3.81. The highest BCUT2D eigenvalue weighted by atomic mass is 16.5. The number of oxazole rings is 1. The topological polar surface area (TPSA) is 84.7 Å². The molecule has 2 amide bonds. The maximum atomic E-state index is 12.7. The van der Waals surface area contributed by atoms with Gasteiger partial charge in [0.2, 0.25) is 5.91 Å². The molecule has 1 saturated heterocycles. The summed E-state index contributed by atoms with van der Waals surface area (Å²) in [4.78, 5) is 31.3. The van der Waals surface area contributed by atoms with Crippen LogP contribution in [-0.2, 0) is 4.79 Å². The van der Waals surface area contributed by atoms with Crippen LogP contribution in [-0.4, -0.2) is 36.5 Å². The second-order valence-electron chi connectivity index (χ2n) is 7.47. The van der Waals surface area contributed by atoms with E-state index in [0.717, 1.165) is 5.69 Å². The van der Waals surface area contributed by atoms with Gasteiger partial charge in [0.1, 0.15) is 11.3 Å². The third-order valence-corrected chi connectivity index (χ3v) is 4.99. The first-order valence-corrected chi connectivity index (χ1v) is 9.60. The van der Waals surface area contributed by atoms with Gasteiger partial charge in [-0.25, -0.2) is 4.98 Å². The fourth-order valence-electron chi connectivity index (χ4n) is 3.43. The van der Waals surface area contributed by atoms with Gasteiger partial charge in [-0.1, -0.05) is 19.9 Å². The molecule has 3 aromatic rings. The fraction of sp³-hybridized carbons (Fsp3) is 0.318. The van der Waals surface area contributed by atoms with Crippen LogP contribution in [0.3, 0.4) is 0 Å². The highest BCUT2D eigenvalue weighted by molar-refractivity contribution is 6.00. The SMILES string of the molecule is COc1cccc(N2C[C@H](NC(=O)c3ccc4oc(C(C)C)nc4c3)CC2=O)c1. The number of carbonyl (C=O) groups excluding carboxylic acids is 2. The number of rotatable bonds is 5. The lowest BCUT2D eigenvalue weighted by molar-refractivity contribution is -0.117. The number of hydrogen-bond acceptors (Lipinski definition) is 5. The van der Waals surface area contributed by atoms with Gasteiger partial charge in [-0.3, -0.25) is 9.59 Å². The Balaban J connectivity index is 1.47. The Morgan fingerprint density at radius 1 is 1.28 bits per heavy atom. The molecule has 29 heavy (non-hydrogen) atoms. The lowest BCUT2D eigenvalue weighted by Crippen LogP contribution is -2.37. The zero-order chi connectivity index (χ0) is 20.5. The van der Waals surface area contributed by atoms with Gasteiger partial charge in [0.05, 0.1) is 13.2 Å². The molecule has 0 aliphatic carbocycles. The zero-order valence-corrected chi connectivity index (χ0v) is 16.6. The van der Waals surface area contributed by atoms with E-state index in [1.807, 2.05) is 38.1 Å². The summed E-state index contributed by atoms with van der Waals surface area (Å²) in [5.74, 6) is 1.24. The number of anilines is 1. The molecular formula is C22H23N3O4. The van der Waals surface area contributed by atoms with Gasteiger partial charge < -0.3 is 19.4 Å². The first kappa shape index (κ1) is 19.0. The van der Waals surface area contributed by atoms with Gasteiger partial charge in [0, 0.05) is 36.2 Å². The number of carbonyl (C=O) groups is 2. The van der Waals surface area contributed by atoms with Crippen molar-refractivity contribution in [2.75, 3.05) is 18.6 Å². The molecule has 0 unspecified atom stereocenters. The van der Waals surface area contributed by atoms with Crippen molar-refractivity contribution in [3.05, 3.63) is 53.9 Å². The normalized spacial score (nSPS) is 16.6. The van der Waals surface area contributed by atoms with E-state index in [1.165, 1.54) is 0 Å². The van der Waals surface area contributed by atoms with Crippen molar-refractivity contribution in [2.24, 2.45) is 0 Å². The first-order chi connectivity index (χ1) is 13.9. The van der Waals surface area contributed by atoms with Gasteiger partial charge in [-0.05, 0) is 30.3 Å². The second-order valence-corrected chi connectivity index (χ2v) is 7.47. The first-order valence-electron chi connectivity index (χ1n) is 9.60. The van der Waals surface area contributed by atoms with E-state index >= 15 is 0 Å². The van der Waals surface area contributed by atoms with Crippen molar-refractivity contribution in [3.63, 3.8) is 0 Å². The number of hydrogen-bond donors (Lipinski definition) is 1. The van der Waals surface area contributed by atoms with Crippen LogP contribution in [0.15, 0.2) is 46.9 Å². The summed E-state index contributed by atoms with van der Waals surface area (Å²) in [6.45, 7) is 4.43. The second kappa shape index (κ2) is 7.58. The summed E-state index contributed by atoms with van der Waals surface area (Å²) in [5.41, 5.74) is 2.57. The molecular weight excluding hydrogens is 370 g/mol. The Morgan fingerprint density at radius 3 is 2.86 bits per heavy atom. The van der Waals surface area contributed by atoms with E-state index < -0.39 is 0 Å². The molecule has 7 nitrogen and oxygen atoms in total. The predicted molar refractivity (Wildman–Crippen MR) is 109 cm³/mol. The molecule has 2 heterocycles. The van der Waals surface area contributed by atoms with E-state index in [4.69, 9.17) is 9.15 Å². The molecule has 0 saturated carbocycles. The molecule has 150 valence electrons. The monoisotopic (exact) mass is 393 g/mol. The minimum Gasteiger partial charge on any atom is -0.497 e. The smallest absolute Gasteiger partial charge is 0.251 e. The Labute approximate surface area is 168 Å². The molecule has 1 aliphatic heterocycles. The number of nitrogens with one attached hydrogen (secondary N) is 1. The minimum atomic E-state index is -0.263. The van der Waals surface area contributed by atoms with Crippen LogP contribution in [0.1, 0.15) is 42.4 Å². The predicted octanol–water partition coefficient (Wildman–Crippen LogP) is 3.50. The van der Waals surface area contributed by atoms with Crippen molar-refractivity contribution < 1.29 is 18.7 Å². The molecule has 0 bridgehead atoms. The van der Waals surface area contributed by atoms with E-state index in [9.17, 15) is 9.59 Å². The number of fused-ring (bicyclic) bond motifs is 1. The van der Waals surface area contributed by atoms with Gasteiger partial charge in [-0.2, -0.15) is 0 Å². The van der Waals surface area contributed by atoms with E-state index in [-0.39, 0.29) is 30.2 Å². The number of amides is 2. The van der Waals surface area contributed by atoms with Crippen LogP contribution in [0.25, 0.3) is 11.1 Å². The van der Waals surface area contributed by atoms with Crippen molar-refractivity contribution in [1.82, 2.24) is 10.3 Å². The van der Waals surface area contributed by atoms with Crippen molar-refractivity contribution in [2.45, 2.75) is 32.2 Å². The van der Waals surface area contributed by atoms with Crippen molar-refractivity contribution >= 4 is 28.6 Å². The summed E-state index contributed by atoms with van der Waals surface area (Å²) >= 11 is 0. The van der Waals surface area contributed by atoms with Crippen LogP contribution in [0.2, 0.25) is 0 Å². The van der Waals surface area contributed by atoms with Crippen molar-refractivity contribution in [3.8, 4) is 5.75 Å². The van der Waals surface area contributed by atoms with Gasteiger partial charge in [0.25, 0.3) is 5.91 Å². The van der Waals surface area contributed by atoms with Crippen LogP contribution < -0.4 is 15.0 Å². The van der Waals surface area contributed by atoms with Crippen LogP contribution in [0.5, 0.6) is 5.75 Å². The Bertz CT molecular complexity index is 1070. The molecule has 1 N–H and O–H groups in total. The minimum absolute atomic E-state index is 0.0305. The van der Waals surface area contributed by atoms with Crippen LogP contribution in [0, 0.1) is 0 Å². The number of aromatic nitrogens is 1. The molecule has 1 fully saturated rings.